The first-order valence-corrected chi connectivity index (χ1v) is 10.6. The number of piperidine rings is 1. The Morgan fingerprint density at radius 2 is 1.79 bits per heavy atom. The van der Waals surface area contributed by atoms with E-state index in [1.165, 1.54) is 28.6 Å². The molecule has 0 aliphatic carbocycles. The van der Waals surface area contributed by atoms with E-state index in [0.717, 1.165) is 25.3 Å². The van der Waals surface area contributed by atoms with Crippen molar-refractivity contribution in [3.8, 4) is 0 Å². The molecule has 2 aromatic carbocycles. The number of nitrogens with zero attached hydrogens (tertiary/aromatic N) is 1. The highest BCUT2D eigenvalue weighted by atomic mass is 35.5. The van der Waals surface area contributed by atoms with Crippen molar-refractivity contribution in [1.29, 1.82) is 0 Å². The summed E-state index contributed by atoms with van der Waals surface area (Å²) >= 11 is 5.79. The maximum absolute atomic E-state index is 13.4. The van der Waals surface area contributed by atoms with Crippen LogP contribution in [0.3, 0.4) is 0 Å². The number of carbonyl (C=O) groups excluding carboxylic acids is 1. The van der Waals surface area contributed by atoms with Crippen LogP contribution in [0, 0.1) is 11.6 Å². The number of amides is 1. The van der Waals surface area contributed by atoms with Crippen LogP contribution in [0.15, 0.2) is 41.3 Å². The Balaban J connectivity index is 1.78. The highest BCUT2D eigenvalue weighted by Gasteiger charge is 2.30. The molecule has 0 aromatic heterocycles. The number of hydrogen-bond acceptors (Lipinski definition) is 3. The molecule has 0 saturated carbocycles. The third-order valence-corrected chi connectivity index (χ3v) is 7.06. The van der Waals surface area contributed by atoms with E-state index in [1.807, 2.05) is 6.92 Å². The van der Waals surface area contributed by atoms with Crippen LogP contribution in [-0.2, 0) is 10.0 Å². The van der Waals surface area contributed by atoms with Gasteiger partial charge in [-0.05, 0) is 56.2 Å². The Bertz CT molecular complexity index is 997. The van der Waals surface area contributed by atoms with Gasteiger partial charge >= 0.3 is 0 Å². The van der Waals surface area contributed by atoms with Crippen LogP contribution in [0.5, 0.6) is 0 Å². The third-order valence-electron chi connectivity index (χ3n) is 4.72. The van der Waals surface area contributed by atoms with E-state index in [4.69, 9.17) is 11.6 Å². The van der Waals surface area contributed by atoms with Gasteiger partial charge in [-0.25, -0.2) is 17.2 Å². The molecule has 9 heteroatoms. The lowest BCUT2D eigenvalue weighted by atomic mass is 10.1. The fraction of sp³-hybridized carbons (Fsp3) is 0.316. The third kappa shape index (κ3) is 4.19. The molecule has 1 N–H and O–H groups in total. The van der Waals surface area contributed by atoms with Gasteiger partial charge in [-0.2, -0.15) is 4.31 Å². The largest absolute Gasteiger partial charge is 0.322 e. The quantitative estimate of drug-likeness (QED) is 0.732. The predicted molar refractivity (Wildman–Crippen MR) is 103 cm³/mol. The zero-order valence-electron chi connectivity index (χ0n) is 15.1. The molecule has 1 amide bonds. The molecule has 1 saturated heterocycles. The van der Waals surface area contributed by atoms with Crippen LogP contribution < -0.4 is 5.32 Å². The Morgan fingerprint density at radius 3 is 2.43 bits per heavy atom. The number of benzene rings is 2. The minimum atomic E-state index is -3.62. The average molecular weight is 429 g/mol. The second kappa shape index (κ2) is 8.14. The van der Waals surface area contributed by atoms with E-state index < -0.39 is 27.6 Å². The Labute approximate surface area is 167 Å². The molecule has 1 fully saturated rings. The van der Waals surface area contributed by atoms with Crippen LogP contribution >= 0.6 is 11.6 Å². The molecule has 1 atom stereocenters. The Hall–Kier alpha value is -2.03. The lowest BCUT2D eigenvalue weighted by Crippen LogP contribution is -2.41. The fourth-order valence-electron chi connectivity index (χ4n) is 3.17. The van der Waals surface area contributed by atoms with Gasteiger partial charge in [0.2, 0.25) is 10.0 Å². The van der Waals surface area contributed by atoms with Crippen LogP contribution in [0.25, 0.3) is 0 Å². The van der Waals surface area contributed by atoms with Crippen molar-refractivity contribution in [3.63, 3.8) is 0 Å². The number of anilines is 1. The molecule has 3 rings (SSSR count). The van der Waals surface area contributed by atoms with Gasteiger partial charge in [-0.15, -0.1) is 0 Å². The second-order valence-corrected chi connectivity index (χ2v) is 8.98. The maximum atomic E-state index is 13.4. The van der Waals surface area contributed by atoms with Crippen LogP contribution in [0.2, 0.25) is 5.02 Å². The molecule has 1 heterocycles. The summed E-state index contributed by atoms with van der Waals surface area (Å²) in [5.74, 6) is -3.07. The van der Waals surface area contributed by atoms with E-state index in [9.17, 15) is 22.0 Å². The lowest BCUT2D eigenvalue weighted by molar-refractivity contribution is 0.102. The van der Waals surface area contributed by atoms with Crippen LogP contribution in [0.4, 0.5) is 14.5 Å². The summed E-state index contributed by atoms with van der Waals surface area (Å²) in [6.07, 6.45) is 2.65. The Kier molecular flexibility index (Phi) is 6.02. The number of halogens is 3. The summed E-state index contributed by atoms with van der Waals surface area (Å²) in [5.41, 5.74) is 0.0795. The molecule has 0 radical (unpaired) electrons. The van der Waals surface area contributed by atoms with E-state index >= 15 is 0 Å². The molecular weight excluding hydrogens is 410 g/mol. The van der Waals surface area contributed by atoms with Crippen LogP contribution in [-0.4, -0.2) is 31.2 Å². The summed E-state index contributed by atoms with van der Waals surface area (Å²) in [7, 11) is -3.62. The van der Waals surface area contributed by atoms with Crippen molar-refractivity contribution in [2.75, 3.05) is 11.9 Å². The number of sulfonamides is 1. The Morgan fingerprint density at radius 1 is 1.14 bits per heavy atom. The minimum Gasteiger partial charge on any atom is -0.322 e. The summed E-state index contributed by atoms with van der Waals surface area (Å²) in [6.45, 7) is 2.37. The number of carbonyl (C=O) groups is 1. The van der Waals surface area contributed by atoms with E-state index in [-0.39, 0.29) is 21.5 Å². The van der Waals surface area contributed by atoms with Crippen molar-refractivity contribution >= 4 is 33.2 Å². The first kappa shape index (κ1) is 20.7. The summed E-state index contributed by atoms with van der Waals surface area (Å²) < 4.78 is 53.6. The topological polar surface area (TPSA) is 66.5 Å². The van der Waals surface area contributed by atoms with Gasteiger partial charge in [0.15, 0.2) is 11.6 Å². The zero-order chi connectivity index (χ0) is 20.5. The molecule has 0 spiro atoms. The van der Waals surface area contributed by atoms with Crippen molar-refractivity contribution in [2.45, 2.75) is 37.1 Å². The molecule has 1 unspecified atom stereocenters. The molecule has 2 aromatic rings. The number of nitrogens with one attached hydrogen (secondary N) is 1. The van der Waals surface area contributed by atoms with Gasteiger partial charge < -0.3 is 5.32 Å². The first-order valence-electron chi connectivity index (χ1n) is 8.78. The normalized spacial score (nSPS) is 18.1. The maximum Gasteiger partial charge on any atom is 0.257 e. The monoisotopic (exact) mass is 428 g/mol. The van der Waals surface area contributed by atoms with Crippen molar-refractivity contribution < 1.29 is 22.0 Å². The molecule has 28 heavy (non-hydrogen) atoms. The van der Waals surface area contributed by atoms with E-state index in [1.54, 1.807) is 0 Å². The van der Waals surface area contributed by atoms with E-state index in [0.29, 0.717) is 18.3 Å². The molecule has 5 nitrogen and oxygen atoms in total. The molecule has 1 aliphatic heterocycles. The van der Waals surface area contributed by atoms with Gasteiger partial charge in [0, 0.05) is 18.3 Å². The summed E-state index contributed by atoms with van der Waals surface area (Å²) in [5, 5.41) is 2.26. The molecule has 0 bridgehead atoms. The van der Waals surface area contributed by atoms with Crippen molar-refractivity contribution in [2.24, 2.45) is 0 Å². The van der Waals surface area contributed by atoms with E-state index in [2.05, 4.69) is 5.32 Å². The summed E-state index contributed by atoms with van der Waals surface area (Å²) in [6, 6.07) is 7.05. The minimum absolute atomic E-state index is 0.0614. The van der Waals surface area contributed by atoms with Gasteiger partial charge in [-0.1, -0.05) is 18.0 Å². The molecule has 150 valence electrons. The second-order valence-electron chi connectivity index (χ2n) is 6.69. The van der Waals surface area contributed by atoms with Gasteiger partial charge in [0.05, 0.1) is 15.5 Å². The standard InChI is InChI=1S/C19H19ClF2N2O3S/c1-12-4-2-3-9-24(12)28(26,27)14-7-5-13(6-8-14)23-19(25)15-10-17(21)18(22)11-16(15)20/h5-8,10-12H,2-4,9H2,1H3,(H,23,25). The number of hydrogen-bond donors (Lipinski definition) is 1. The van der Waals surface area contributed by atoms with Gasteiger partial charge in [0.1, 0.15) is 0 Å². The lowest BCUT2D eigenvalue weighted by Gasteiger charge is -2.32. The fourth-order valence-corrected chi connectivity index (χ4v) is 5.11. The highest BCUT2D eigenvalue weighted by Crippen LogP contribution is 2.26. The smallest absolute Gasteiger partial charge is 0.257 e. The highest BCUT2D eigenvalue weighted by molar-refractivity contribution is 7.89. The molecule has 1 aliphatic rings. The number of rotatable bonds is 4. The van der Waals surface area contributed by atoms with Crippen molar-refractivity contribution in [3.05, 3.63) is 58.6 Å². The van der Waals surface area contributed by atoms with Crippen molar-refractivity contribution in [1.82, 2.24) is 4.31 Å². The van der Waals surface area contributed by atoms with Crippen LogP contribution in [0.1, 0.15) is 36.5 Å². The SMILES string of the molecule is CC1CCCCN1S(=O)(=O)c1ccc(NC(=O)c2cc(F)c(F)cc2Cl)cc1. The average Bonchev–Trinajstić information content (AvgIpc) is 2.65. The predicted octanol–water partition coefficient (Wildman–Crippen LogP) is 4.43. The van der Waals surface area contributed by atoms with Gasteiger partial charge in [-0.3, -0.25) is 4.79 Å². The zero-order valence-corrected chi connectivity index (χ0v) is 16.7. The first-order chi connectivity index (χ1) is 13.2. The molecular formula is C19H19ClF2N2O3S. The summed E-state index contributed by atoms with van der Waals surface area (Å²) in [4.78, 5) is 12.4. The van der Waals surface area contributed by atoms with Gasteiger partial charge in [0.25, 0.3) is 5.91 Å².